The summed E-state index contributed by atoms with van der Waals surface area (Å²) in [7, 11) is 0. The molecule has 0 aliphatic rings. The molecule has 0 unspecified atom stereocenters. The van der Waals surface area contributed by atoms with E-state index in [0.717, 1.165) is 46.1 Å². The molecule has 1 aromatic heterocycles. The van der Waals surface area contributed by atoms with Gasteiger partial charge in [-0.1, -0.05) is 62.1 Å². The van der Waals surface area contributed by atoms with Crippen molar-refractivity contribution in [3.05, 3.63) is 71.4 Å². The number of carbonyl (C=O) groups excluding carboxylic acids is 1. The Hall–Kier alpha value is -2.68. The third kappa shape index (κ3) is 4.29. The Balaban J connectivity index is 1.83. The van der Waals surface area contributed by atoms with Crippen LogP contribution in [0, 0.1) is 6.92 Å². The molecule has 3 heteroatoms. The maximum absolute atomic E-state index is 13.0. The van der Waals surface area contributed by atoms with E-state index in [0.29, 0.717) is 0 Å². The molecule has 1 N–H and O–H groups in total. The van der Waals surface area contributed by atoms with Crippen LogP contribution in [0.3, 0.4) is 0 Å². The van der Waals surface area contributed by atoms with Crippen molar-refractivity contribution >= 4 is 22.5 Å². The lowest BCUT2D eigenvalue weighted by Gasteiger charge is -2.12. The average molecular weight is 346 g/mol. The fraction of sp³-hybridized carbons (Fsp3) is 0.304. The van der Waals surface area contributed by atoms with Gasteiger partial charge in [0.25, 0.3) is 5.91 Å². The van der Waals surface area contributed by atoms with E-state index in [9.17, 15) is 4.79 Å². The van der Waals surface area contributed by atoms with Gasteiger partial charge in [-0.3, -0.25) is 9.78 Å². The highest BCUT2D eigenvalue weighted by atomic mass is 16.1. The van der Waals surface area contributed by atoms with E-state index in [1.54, 1.807) is 6.20 Å². The summed E-state index contributed by atoms with van der Waals surface area (Å²) < 4.78 is 0. The van der Waals surface area contributed by atoms with Gasteiger partial charge in [0, 0.05) is 17.1 Å². The lowest BCUT2D eigenvalue weighted by atomic mass is 9.98. The molecule has 0 saturated heterocycles. The molecular formula is C23H26N2O. The van der Waals surface area contributed by atoms with Crippen molar-refractivity contribution in [3.63, 3.8) is 0 Å². The Morgan fingerprint density at radius 2 is 1.88 bits per heavy atom. The van der Waals surface area contributed by atoms with E-state index < -0.39 is 0 Å². The highest BCUT2D eigenvalue weighted by Gasteiger charge is 2.13. The van der Waals surface area contributed by atoms with Gasteiger partial charge in [-0.25, -0.2) is 0 Å². The summed E-state index contributed by atoms with van der Waals surface area (Å²) in [4.78, 5) is 17.4. The highest BCUT2D eigenvalue weighted by molar-refractivity contribution is 6.09. The maximum atomic E-state index is 13.0. The number of anilines is 1. The first-order valence-corrected chi connectivity index (χ1v) is 9.43. The van der Waals surface area contributed by atoms with E-state index in [1.807, 2.05) is 43.3 Å². The molecule has 0 atom stereocenters. The second-order valence-corrected chi connectivity index (χ2v) is 6.81. The molecule has 0 saturated carbocycles. The predicted molar refractivity (Wildman–Crippen MR) is 109 cm³/mol. The standard InChI is InChI=1S/C23H26N2O/c1-3-4-5-6-9-18-14-13-17(2)16-20(18)23(26)25-21-12-7-10-19-11-8-15-24-22(19)21/h7-8,10-16H,3-6,9H2,1-2H3,(H,25,26). The molecule has 26 heavy (non-hydrogen) atoms. The fourth-order valence-corrected chi connectivity index (χ4v) is 3.26. The summed E-state index contributed by atoms with van der Waals surface area (Å²) in [5.74, 6) is -0.0580. The number of rotatable bonds is 7. The largest absolute Gasteiger partial charge is 0.320 e. The molecule has 1 amide bonds. The third-order valence-electron chi connectivity index (χ3n) is 4.69. The molecule has 0 aliphatic heterocycles. The molecule has 3 rings (SSSR count). The second kappa shape index (κ2) is 8.61. The SMILES string of the molecule is CCCCCCc1ccc(C)cc1C(=O)Nc1cccc2cccnc12. The number of unbranched alkanes of at least 4 members (excludes halogenated alkanes) is 3. The predicted octanol–water partition coefficient (Wildman–Crippen LogP) is 5.92. The van der Waals surface area contributed by atoms with Crippen molar-refractivity contribution < 1.29 is 4.79 Å². The van der Waals surface area contributed by atoms with Gasteiger partial charge in [0.05, 0.1) is 11.2 Å². The van der Waals surface area contributed by atoms with Crippen molar-refractivity contribution in [1.82, 2.24) is 4.98 Å². The van der Waals surface area contributed by atoms with E-state index >= 15 is 0 Å². The Morgan fingerprint density at radius 3 is 2.73 bits per heavy atom. The molecule has 0 bridgehead atoms. The van der Waals surface area contributed by atoms with E-state index in [4.69, 9.17) is 0 Å². The summed E-state index contributed by atoms with van der Waals surface area (Å²) in [6.45, 7) is 4.24. The molecule has 0 aliphatic carbocycles. The number of aryl methyl sites for hydroxylation is 2. The summed E-state index contributed by atoms with van der Waals surface area (Å²) in [5, 5.41) is 4.09. The zero-order valence-corrected chi connectivity index (χ0v) is 15.6. The summed E-state index contributed by atoms with van der Waals surface area (Å²) >= 11 is 0. The third-order valence-corrected chi connectivity index (χ3v) is 4.69. The van der Waals surface area contributed by atoms with Crippen LogP contribution in [0.15, 0.2) is 54.7 Å². The van der Waals surface area contributed by atoms with Crippen LogP contribution < -0.4 is 5.32 Å². The van der Waals surface area contributed by atoms with Crippen molar-refractivity contribution in [2.24, 2.45) is 0 Å². The van der Waals surface area contributed by atoms with Crippen LogP contribution in [0.2, 0.25) is 0 Å². The molecule has 0 radical (unpaired) electrons. The van der Waals surface area contributed by atoms with E-state index in [2.05, 4.69) is 29.4 Å². The van der Waals surface area contributed by atoms with Crippen molar-refractivity contribution in [2.75, 3.05) is 5.32 Å². The van der Waals surface area contributed by atoms with E-state index in [1.165, 1.54) is 19.3 Å². The highest BCUT2D eigenvalue weighted by Crippen LogP contribution is 2.23. The molecule has 3 nitrogen and oxygen atoms in total. The van der Waals surface area contributed by atoms with Crippen molar-refractivity contribution in [2.45, 2.75) is 46.0 Å². The number of benzene rings is 2. The summed E-state index contributed by atoms with van der Waals surface area (Å²) in [5.41, 5.74) is 4.57. The van der Waals surface area contributed by atoms with Gasteiger partial charge in [0.1, 0.15) is 0 Å². The Morgan fingerprint density at radius 1 is 1.04 bits per heavy atom. The van der Waals surface area contributed by atoms with E-state index in [-0.39, 0.29) is 5.91 Å². The van der Waals surface area contributed by atoms with Gasteiger partial charge < -0.3 is 5.32 Å². The zero-order valence-electron chi connectivity index (χ0n) is 15.6. The van der Waals surface area contributed by atoms with Gasteiger partial charge in [-0.2, -0.15) is 0 Å². The Kier molecular flexibility index (Phi) is 6.00. The minimum Gasteiger partial charge on any atom is -0.320 e. The average Bonchev–Trinajstić information content (AvgIpc) is 2.66. The van der Waals surface area contributed by atoms with Crippen LogP contribution >= 0.6 is 0 Å². The molecule has 0 spiro atoms. The minimum atomic E-state index is -0.0580. The number of pyridine rings is 1. The number of hydrogen-bond acceptors (Lipinski definition) is 2. The van der Waals surface area contributed by atoms with Gasteiger partial charge in [-0.05, 0) is 43.5 Å². The summed E-state index contributed by atoms with van der Waals surface area (Å²) in [6, 6.07) is 15.9. The molecule has 134 valence electrons. The number of hydrogen-bond donors (Lipinski definition) is 1. The van der Waals surface area contributed by atoms with Crippen LogP contribution in [0.4, 0.5) is 5.69 Å². The number of carbonyl (C=O) groups is 1. The van der Waals surface area contributed by atoms with Gasteiger partial charge in [0.15, 0.2) is 0 Å². The molecule has 3 aromatic rings. The first-order chi connectivity index (χ1) is 12.7. The van der Waals surface area contributed by atoms with Gasteiger partial charge in [0.2, 0.25) is 0 Å². The van der Waals surface area contributed by atoms with Crippen LogP contribution in [0.25, 0.3) is 10.9 Å². The molecular weight excluding hydrogens is 320 g/mol. The van der Waals surface area contributed by atoms with Crippen molar-refractivity contribution in [3.8, 4) is 0 Å². The normalized spacial score (nSPS) is 10.8. The van der Waals surface area contributed by atoms with Crippen LogP contribution in [-0.4, -0.2) is 10.9 Å². The minimum absolute atomic E-state index is 0.0580. The van der Waals surface area contributed by atoms with Crippen LogP contribution in [0.1, 0.15) is 54.1 Å². The van der Waals surface area contributed by atoms with Gasteiger partial charge >= 0.3 is 0 Å². The number of amides is 1. The zero-order chi connectivity index (χ0) is 18.4. The second-order valence-electron chi connectivity index (χ2n) is 6.81. The fourth-order valence-electron chi connectivity index (χ4n) is 3.26. The van der Waals surface area contributed by atoms with Crippen molar-refractivity contribution in [1.29, 1.82) is 0 Å². The number of nitrogens with zero attached hydrogens (tertiary/aromatic N) is 1. The smallest absolute Gasteiger partial charge is 0.256 e. The number of para-hydroxylation sites is 1. The quantitative estimate of drug-likeness (QED) is 0.540. The maximum Gasteiger partial charge on any atom is 0.256 e. The first kappa shape index (κ1) is 18.1. The number of nitrogens with one attached hydrogen (secondary N) is 1. The lowest BCUT2D eigenvalue weighted by Crippen LogP contribution is -2.15. The lowest BCUT2D eigenvalue weighted by molar-refractivity contribution is 0.102. The first-order valence-electron chi connectivity index (χ1n) is 9.43. The Labute approximate surface area is 155 Å². The summed E-state index contributed by atoms with van der Waals surface area (Å²) in [6.07, 6.45) is 7.48. The van der Waals surface area contributed by atoms with Crippen LogP contribution in [-0.2, 0) is 6.42 Å². The molecule has 1 heterocycles. The number of fused-ring (bicyclic) bond motifs is 1. The van der Waals surface area contributed by atoms with Gasteiger partial charge in [-0.15, -0.1) is 0 Å². The monoisotopic (exact) mass is 346 g/mol. The van der Waals surface area contributed by atoms with Crippen LogP contribution in [0.5, 0.6) is 0 Å². The topological polar surface area (TPSA) is 42.0 Å². The molecule has 0 fully saturated rings. The Bertz CT molecular complexity index is 896. The number of aromatic nitrogens is 1. The molecule has 2 aromatic carbocycles.